The fourth-order valence-electron chi connectivity index (χ4n) is 1.55. The summed E-state index contributed by atoms with van der Waals surface area (Å²) in [6, 6.07) is 0.384. The summed E-state index contributed by atoms with van der Waals surface area (Å²) in [6.45, 7) is 7.26. The summed E-state index contributed by atoms with van der Waals surface area (Å²) in [5, 5.41) is 0. The average molecular weight is 155 g/mol. The third-order valence-corrected chi connectivity index (χ3v) is 2.33. The maximum Gasteiger partial charge on any atom is 0.223 e. The lowest BCUT2D eigenvalue weighted by Gasteiger charge is -2.33. The monoisotopic (exact) mass is 155 g/mol. The molecule has 1 rings (SSSR count). The van der Waals surface area contributed by atoms with Gasteiger partial charge in [-0.1, -0.05) is 6.92 Å². The molecule has 1 heterocycles. The maximum absolute atomic E-state index is 11.4. The molecule has 2 heteroatoms. The molecule has 0 aliphatic carbocycles. The van der Waals surface area contributed by atoms with Gasteiger partial charge in [-0.05, 0) is 26.2 Å². The normalized spacial score (nSPS) is 26.4. The first-order valence-electron chi connectivity index (χ1n) is 4.40. The Hall–Kier alpha value is -0.530. The highest BCUT2D eigenvalue weighted by molar-refractivity contribution is 5.77. The standard InChI is InChI=1S/C9H17NO/c1-7(2)10-5-4-8(3)6-9(10)11/h7-8H,4-6H2,1-3H3/t8-/m0/s1. The Morgan fingerprint density at radius 3 is 2.64 bits per heavy atom. The largest absolute Gasteiger partial charge is 0.340 e. The van der Waals surface area contributed by atoms with Gasteiger partial charge in [0.2, 0.25) is 5.91 Å². The zero-order chi connectivity index (χ0) is 8.43. The summed E-state index contributed by atoms with van der Waals surface area (Å²) in [5.41, 5.74) is 0. The Balaban J connectivity index is 2.51. The molecule has 0 aromatic rings. The summed E-state index contributed by atoms with van der Waals surface area (Å²) in [6.07, 6.45) is 1.92. The zero-order valence-electron chi connectivity index (χ0n) is 7.63. The molecule has 1 amide bonds. The lowest BCUT2D eigenvalue weighted by atomic mass is 9.98. The number of nitrogens with zero attached hydrogens (tertiary/aromatic N) is 1. The highest BCUT2D eigenvalue weighted by Crippen LogP contribution is 2.18. The molecule has 0 aromatic heterocycles. The molecule has 0 aromatic carbocycles. The van der Waals surface area contributed by atoms with Gasteiger partial charge in [0.05, 0.1) is 0 Å². The Morgan fingerprint density at radius 2 is 2.18 bits per heavy atom. The maximum atomic E-state index is 11.4. The second-order valence-electron chi connectivity index (χ2n) is 3.78. The van der Waals surface area contributed by atoms with Gasteiger partial charge in [0.25, 0.3) is 0 Å². The number of likely N-dealkylation sites (tertiary alicyclic amines) is 1. The van der Waals surface area contributed by atoms with E-state index in [9.17, 15) is 4.79 Å². The second-order valence-corrected chi connectivity index (χ2v) is 3.78. The molecule has 0 N–H and O–H groups in total. The van der Waals surface area contributed by atoms with Gasteiger partial charge in [-0.2, -0.15) is 0 Å². The van der Waals surface area contributed by atoms with Crippen LogP contribution in [0.15, 0.2) is 0 Å². The topological polar surface area (TPSA) is 20.3 Å². The van der Waals surface area contributed by atoms with E-state index in [-0.39, 0.29) is 0 Å². The van der Waals surface area contributed by atoms with Crippen LogP contribution < -0.4 is 0 Å². The Kier molecular flexibility index (Phi) is 2.53. The highest BCUT2D eigenvalue weighted by Gasteiger charge is 2.24. The molecular formula is C9H17NO. The molecule has 1 aliphatic rings. The van der Waals surface area contributed by atoms with Gasteiger partial charge in [0.1, 0.15) is 0 Å². The number of carbonyl (C=O) groups is 1. The van der Waals surface area contributed by atoms with Crippen molar-refractivity contribution in [2.45, 2.75) is 39.7 Å². The van der Waals surface area contributed by atoms with Crippen LogP contribution in [0.4, 0.5) is 0 Å². The number of piperidine rings is 1. The fraction of sp³-hybridized carbons (Fsp3) is 0.889. The van der Waals surface area contributed by atoms with Crippen molar-refractivity contribution in [1.29, 1.82) is 0 Å². The molecule has 1 aliphatic heterocycles. The molecule has 0 unspecified atom stereocenters. The lowest BCUT2D eigenvalue weighted by molar-refractivity contribution is -0.136. The number of amides is 1. The lowest BCUT2D eigenvalue weighted by Crippen LogP contribution is -2.42. The average Bonchev–Trinajstić information content (AvgIpc) is 1.85. The van der Waals surface area contributed by atoms with E-state index in [1.54, 1.807) is 0 Å². The smallest absolute Gasteiger partial charge is 0.223 e. The van der Waals surface area contributed by atoms with Crippen LogP contribution in [0, 0.1) is 5.92 Å². The van der Waals surface area contributed by atoms with Crippen LogP contribution in [0.25, 0.3) is 0 Å². The van der Waals surface area contributed by atoms with E-state index < -0.39 is 0 Å². The van der Waals surface area contributed by atoms with Crippen LogP contribution >= 0.6 is 0 Å². The van der Waals surface area contributed by atoms with Crippen LogP contribution in [0.3, 0.4) is 0 Å². The van der Waals surface area contributed by atoms with Crippen molar-refractivity contribution in [3.05, 3.63) is 0 Å². The van der Waals surface area contributed by atoms with Crippen LogP contribution in [0.5, 0.6) is 0 Å². The van der Waals surface area contributed by atoms with Gasteiger partial charge in [0, 0.05) is 19.0 Å². The predicted octanol–water partition coefficient (Wildman–Crippen LogP) is 1.65. The van der Waals surface area contributed by atoms with Gasteiger partial charge >= 0.3 is 0 Å². The Labute approximate surface area is 68.6 Å². The summed E-state index contributed by atoms with van der Waals surface area (Å²) in [7, 11) is 0. The van der Waals surface area contributed by atoms with Crippen molar-refractivity contribution in [2.24, 2.45) is 5.92 Å². The van der Waals surface area contributed by atoms with Crippen molar-refractivity contribution in [3.63, 3.8) is 0 Å². The second kappa shape index (κ2) is 3.24. The number of rotatable bonds is 1. The van der Waals surface area contributed by atoms with Crippen LogP contribution in [0.1, 0.15) is 33.6 Å². The van der Waals surface area contributed by atoms with Gasteiger partial charge < -0.3 is 4.90 Å². The molecule has 1 saturated heterocycles. The van der Waals surface area contributed by atoms with Gasteiger partial charge in [0.15, 0.2) is 0 Å². The van der Waals surface area contributed by atoms with E-state index in [0.29, 0.717) is 17.9 Å². The number of hydrogen-bond acceptors (Lipinski definition) is 1. The number of carbonyl (C=O) groups excluding carboxylic acids is 1. The molecule has 0 radical (unpaired) electrons. The minimum absolute atomic E-state index is 0.332. The minimum atomic E-state index is 0.332. The van der Waals surface area contributed by atoms with E-state index in [0.717, 1.165) is 13.0 Å². The third kappa shape index (κ3) is 1.95. The Bertz CT molecular complexity index is 154. The van der Waals surface area contributed by atoms with E-state index in [1.165, 1.54) is 6.42 Å². The predicted molar refractivity (Wildman–Crippen MR) is 45.2 cm³/mol. The van der Waals surface area contributed by atoms with Gasteiger partial charge in [-0.3, -0.25) is 4.79 Å². The first-order valence-corrected chi connectivity index (χ1v) is 4.40. The van der Waals surface area contributed by atoms with Crippen LogP contribution in [-0.2, 0) is 4.79 Å². The summed E-state index contributed by atoms with van der Waals surface area (Å²) < 4.78 is 0. The number of hydrogen-bond donors (Lipinski definition) is 0. The van der Waals surface area contributed by atoms with Crippen LogP contribution in [0.2, 0.25) is 0 Å². The summed E-state index contributed by atoms with van der Waals surface area (Å²) >= 11 is 0. The molecule has 0 spiro atoms. The van der Waals surface area contributed by atoms with Gasteiger partial charge in [-0.25, -0.2) is 0 Å². The molecule has 2 nitrogen and oxygen atoms in total. The first-order chi connectivity index (χ1) is 5.11. The van der Waals surface area contributed by atoms with Gasteiger partial charge in [-0.15, -0.1) is 0 Å². The fourth-order valence-corrected chi connectivity index (χ4v) is 1.55. The molecule has 1 fully saturated rings. The molecule has 0 bridgehead atoms. The molecule has 64 valence electrons. The highest BCUT2D eigenvalue weighted by atomic mass is 16.2. The molecule has 11 heavy (non-hydrogen) atoms. The quantitative estimate of drug-likeness (QED) is 0.564. The van der Waals surface area contributed by atoms with Crippen molar-refractivity contribution in [1.82, 2.24) is 4.90 Å². The van der Waals surface area contributed by atoms with Crippen molar-refractivity contribution >= 4 is 5.91 Å². The summed E-state index contributed by atoms with van der Waals surface area (Å²) in [4.78, 5) is 13.3. The minimum Gasteiger partial charge on any atom is -0.340 e. The van der Waals surface area contributed by atoms with E-state index >= 15 is 0 Å². The Morgan fingerprint density at radius 1 is 1.55 bits per heavy atom. The van der Waals surface area contributed by atoms with Crippen LogP contribution in [-0.4, -0.2) is 23.4 Å². The molecular weight excluding hydrogens is 138 g/mol. The van der Waals surface area contributed by atoms with E-state index in [1.807, 2.05) is 4.90 Å². The first kappa shape index (κ1) is 8.57. The summed E-state index contributed by atoms with van der Waals surface area (Å²) in [5.74, 6) is 0.927. The van der Waals surface area contributed by atoms with E-state index in [4.69, 9.17) is 0 Å². The van der Waals surface area contributed by atoms with Crippen molar-refractivity contribution in [3.8, 4) is 0 Å². The van der Waals surface area contributed by atoms with Crippen molar-refractivity contribution < 1.29 is 4.79 Å². The molecule has 0 saturated carbocycles. The zero-order valence-corrected chi connectivity index (χ0v) is 7.63. The van der Waals surface area contributed by atoms with E-state index in [2.05, 4.69) is 20.8 Å². The third-order valence-electron chi connectivity index (χ3n) is 2.33. The SMILES string of the molecule is CC(C)N1CC[C@H](C)CC1=O. The molecule has 1 atom stereocenters. The van der Waals surface area contributed by atoms with Crippen molar-refractivity contribution in [2.75, 3.05) is 6.54 Å².